The van der Waals surface area contributed by atoms with Crippen LogP contribution in [-0.2, 0) is 0 Å². The predicted octanol–water partition coefficient (Wildman–Crippen LogP) is 5.47. The number of fused-ring (bicyclic) bond motifs is 2. The molecule has 0 aliphatic carbocycles. The van der Waals surface area contributed by atoms with Gasteiger partial charge in [-0.05, 0) is 81.5 Å². The Morgan fingerprint density at radius 3 is 2.37 bits per heavy atom. The maximum Gasteiger partial charge on any atom is 0.253 e. The fourth-order valence-corrected chi connectivity index (χ4v) is 5.93. The zero-order valence-electron chi connectivity index (χ0n) is 21.9. The minimum absolute atomic E-state index is 0.0550. The maximum atomic E-state index is 13.0. The minimum atomic E-state index is -0.163. The first-order valence-electron chi connectivity index (χ1n) is 13.1. The van der Waals surface area contributed by atoms with Gasteiger partial charge in [0.25, 0.3) is 11.8 Å². The average Bonchev–Trinajstić information content (AvgIpc) is 3.19. The molecule has 4 atom stereocenters. The Kier molecular flexibility index (Phi) is 7.56. The lowest BCUT2D eigenvalue weighted by molar-refractivity contribution is 0.0922. The minimum Gasteiger partial charge on any atom is -0.496 e. The van der Waals surface area contributed by atoms with Gasteiger partial charge in [-0.3, -0.25) is 9.59 Å². The number of halogens is 1. The molecule has 2 bridgehead atoms. The van der Waals surface area contributed by atoms with Gasteiger partial charge in [-0.25, -0.2) is 4.98 Å². The molecule has 1 aromatic heterocycles. The normalized spacial score (nSPS) is 21.1. The van der Waals surface area contributed by atoms with Crippen LogP contribution in [0.1, 0.15) is 70.5 Å². The number of piperidine rings is 1. The zero-order valence-corrected chi connectivity index (χ0v) is 22.7. The fourth-order valence-electron chi connectivity index (χ4n) is 5.80. The molecule has 8 heteroatoms. The Morgan fingerprint density at radius 2 is 1.74 bits per heavy atom. The number of hydrogen-bond donors (Lipinski definition) is 2. The van der Waals surface area contributed by atoms with Crippen molar-refractivity contribution in [1.29, 1.82) is 0 Å². The van der Waals surface area contributed by atoms with E-state index >= 15 is 0 Å². The molecule has 7 nitrogen and oxygen atoms in total. The second-order valence-electron chi connectivity index (χ2n) is 10.2. The molecule has 2 amide bonds. The van der Waals surface area contributed by atoms with Gasteiger partial charge in [0.15, 0.2) is 0 Å². The number of anilines is 1. The largest absolute Gasteiger partial charge is 0.496 e. The van der Waals surface area contributed by atoms with Crippen LogP contribution in [0.2, 0.25) is 5.02 Å². The lowest BCUT2D eigenvalue weighted by Gasteiger charge is -2.40. The molecule has 2 aromatic carbocycles. The number of pyridine rings is 1. The standard InChI is InChI=1S/C30H33ClN4O3/c1-18-26(5-4-6-27(18)38-3)30(37)34-23-15-24-12-13-25(16-23)35(24)28-14-9-21(17-32-28)29(36)33-19(2)20-7-10-22(31)11-8-20/h4-11,14,17,19,23-25H,12-13,15-16H2,1-3H3,(H,33,36)(H,34,37)/t19?,23?,24-,25?/m0/s1. The van der Waals surface area contributed by atoms with E-state index in [-0.39, 0.29) is 23.9 Å². The van der Waals surface area contributed by atoms with E-state index in [1.54, 1.807) is 13.3 Å². The molecule has 3 heterocycles. The van der Waals surface area contributed by atoms with Crippen LogP contribution in [0.15, 0.2) is 60.8 Å². The SMILES string of the molecule is COc1cccc(C(=O)NC2CC3CC[C@@H](C2)N3c2ccc(C(=O)NC(C)c3ccc(Cl)cc3)cn2)c1C. The van der Waals surface area contributed by atoms with Crippen molar-refractivity contribution in [3.8, 4) is 5.75 Å². The summed E-state index contributed by atoms with van der Waals surface area (Å²) >= 11 is 5.97. The second kappa shape index (κ2) is 11.0. The van der Waals surface area contributed by atoms with Gasteiger partial charge in [-0.15, -0.1) is 0 Å². The molecule has 3 aromatic rings. The number of nitrogens with one attached hydrogen (secondary N) is 2. The number of nitrogens with zero attached hydrogens (tertiary/aromatic N) is 2. The number of hydrogen-bond acceptors (Lipinski definition) is 5. The summed E-state index contributed by atoms with van der Waals surface area (Å²) in [5.41, 5.74) is 3.02. The van der Waals surface area contributed by atoms with Crippen molar-refractivity contribution in [3.05, 3.63) is 88.1 Å². The summed E-state index contributed by atoms with van der Waals surface area (Å²) in [5.74, 6) is 1.38. The molecule has 2 saturated heterocycles. The van der Waals surface area contributed by atoms with Gasteiger partial charge < -0.3 is 20.3 Å². The molecular formula is C30H33ClN4O3. The number of ether oxygens (including phenoxy) is 1. The van der Waals surface area contributed by atoms with Gasteiger partial charge in [0.1, 0.15) is 11.6 Å². The van der Waals surface area contributed by atoms with Crippen molar-refractivity contribution in [1.82, 2.24) is 15.6 Å². The van der Waals surface area contributed by atoms with E-state index in [4.69, 9.17) is 16.3 Å². The smallest absolute Gasteiger partial charge is 0.253 e. The van der Waals surface area contributed by atoms with Gasteiger partial charge in [0.2, 0.25) is 0 Å². The van der Waals surface area contributed by atoms with E-state index in [0.29, 0.717) is 28.2 Å². The van der Waals surface area contributed by atoms with Crippen LogP contribution in [-0.4, -0.2) is 42.0 Å². The van der Waals surface area contributed by atoms with E-state index in [1.165, 1.54) is 0 Å². The Hall–Kier alpha value is -3.58. The highest BCUT2D eigenvalue weighted by Crippen LogP contribution is 2.38. The highest BCUT2D eigenvalue weighted by Gasteiger charge is 2.42. The molecule has 0 radical (unpaired) electrons. The molecule has 2 N–H and O–H groups in total. The lowest BCUT2D eigenvalue weighted by Crippen LogP contribution is -2.50. The van der Waals surface area contributed by atoms with Crippen LogP contribution in [0.5, 0.6) is 5.75 Å². The third-order valence-corrected chi connectivity index (χ3v) is 8.06. The van der Waals surface area contributed by atoms with Gasteiger partial charge in [-0.2, -0.15) is 0 Å². The van der Waals surface area contributed by atoms with Crippen LogP contribution < -0.4 is 20.3 Å². The number of amides is 2. The molecule has 5 rings (SSSR count). The average molecular weight is 533 g/mol. The number of carbonyl (C=O) groups is 2. The molecule has 2 aliphatic rings. The highest BCUT2D eigenvalue weighted by molar-refractivity contribution is 6.30. The topological polar surface area (TPSA) is 83.6 Å². The lowest BCUT2D eigenvalue weighted by atomic mass is 9.96. The van der Waals surface area contributed by atoms with E-state index in [9.17, 15) is 9.59 Å². The van der Waals surface area contributed by atoms with E-state index in [1.807, 2.05) is 68.4 Å². The summed E-state index contributed by atoms with van der Waals surface area (Å²) in [6.45, 7) is 3.85. The third kappa shape index (κ3) is 5.34. The number of aromatic nitrogens is 1. The summed E-state index contributed by atoms with van der Waals surface area (Å²) in [4.78, 5) is 32.9. The first-order chi connectivity index (χ1) is 18.3. The van der Waals surface area contributed by atoms with Crippen LogP contribution in [0.4, 0.5) is 5.82 Å². The van der Waals surface area contributed by atoms with Gasteiger partial charge >= 0.3 is 0 Å². The number of benzene rings is 2. The first-order valence-corrected chi connectivity index (χ1v) is 13.5. The number of rotatable bonds is 7. The summed E-state index contributed by atoms with van der Waals surface area (Å²) in [6, 6.07) is 17.4. The second-order valence-corrected chi connectivity index (χ2v) is 10.7. The van der Waals surface area contributed by atoms with Crippen LogP contribution in [0, 0.1) is 6.92 Å². The fraction of sp³-hybridized carbons (Fsp3) is 0.367. The van der Waals surface area contributed by atoms with Gasteiger partial charge in [-0.1, -0.05) is 29.8 Å². The molecular weight excluding hydrogens is 500 g/mol. The summed E-state index contributed by atoms with van der Waals surface area (Å²) in [5, 5.41) is 6.95. The van der Waals surface area contributed by atoms with Crippen molar-refractivity contribution in [2.24, 2.45) is 0 Å². The van der Waals surface area contributed by atoms with Crippen molar-refractivity contribution in [2.45, 2.75) is 63.7 Å². The Morgan fingerprint density at radius 1 is 1.03 bits per heavy atom. The van der Waals surface area contributed by atoms with Crippen molar-refractivity contribution in [2.75, 3.05) is 12.0 Å². The summed E-state index contributed by atoms with van der Waals surface area (Å²) in [7, 11) is 1.62. The van der Waals surface area contributed by atoms with Gasteiger partial charge in [0, 0.05) is 40.5 Å². The van der Waals surface area contributed by atoms with Crippen LogP contribution >= 0.6 is 11.6 Å². The highest BCUT2D eigenvalue weighted by atomic mass is 35.5. The molecule has 38 heavy (non-hydrogen) atoms. The monoisotopic (exact) mass is 532 g/mol. The Bertz CT molecular complexity index is 1300. The Balaban J connectivity index is 1.20. The van der Waals surface area contributed by atoms with Crippen LogP contribution in [0.3, 0.4) is 0 Å². The van der Waals surface area contributed by atoms with Gasteiger partial charge in [0.05, 0.1) is 18.7 Å². The maximum absolute atomic E-state index is 13.0. The molecule has 198 valence electrons. The zero-order chi connectivity index (χ0) is 26.8. The first kappa shape index (κ1) is 26.0. The van der Waals surface area contributed by atoms with Crippen molar-refractivity contribution < 1.29 is 14.3 Å². The van der Waals surface area contributed by atoms with Crippen LogP contribution in [0.25, 0.3) is 0 Å². The molecule has 2 fully saturated rings. The number of carbonyl (C=O) groups excluding carboxylic acids is 2. The number of methoxy groups -OCH3 is 1. The van der Waals surface area contributed by atoms with Crippen molar-refractivity contribution >= 4 is 29.2 Å². The molecule has 0 saturated carbocycles. The van der Waals surface area contributed by atoms with E-state index < -0.39 is 0 Å². The molecule has 2 aliphatic heterocycles. The van der Waals surface area contributed by atoms with Crippen molar-refractivity contribution in [3.63, 3.8) is 0 Å². The quantitative estimate of drug-likeness (QED) is 0.421. The summed E-state index contributed by atoms with van der Waals surface area (Å²) in [6.07, 6.45) is 5.52. The van der Waals surface area contributed by atoms with E-state index in [2.05, 4.69) is 20.5 Å². The predicted molar refractivity (Wildman–Crippen MR) is 149 cm³/mol. The molecule has 0 spiro atoms. The van der Waals surface area contributed by atoms with E-state index in [0.717, 1.165) is 48.4 Å². The summed E-state index contributed by atoms with van der Waals surface area (Å²) < 4.78 is 5.38. The third-order valence-electron chi connectivity index (χ3n) is 7.81. The Labute approximate surface area is 228 Å². The molecule has 3 unspecified atom stereocenters.